The first-order valence-electron chi connectivity index (χ1n) is 6.36. The van der Waals surface area contributed by atoms with Crippen molar-refractivity contribution in [3.8, 4) is 0 Å². The van der Waals surface area contributed by atoms with Gasteiger partial charge in [0.25, 0.3) is 5.69 Å². The maximum atomic E-state index is 11.5. The molecule has 108 valence electrons. The number of aromatic nitrogens is 1. The predicted molar refractivity (Wildman–Crippen MR) is 76.2 cm³/mol. The minimum atomic E-state index is -1.05. The summed E-state index contributed by atoms with van der Waals surface area (Å²) < 4.78 is 0. The molecule has 0 aliphatic carbocycles. The number of benzene rings is 1. The summed E-state index contributed by atoms with van der Waals surface area (Å²) >= 11 is 0. The van der Waals surface area contributed by atoms with Crippen LogP contribution in [0.2, 0.25) is 0 Å². The normalized spacial score (nSPS) is 11.9. The van der Waals surface area contributed by atoms with E-state index in [1.165, 1.54) is 12.3 Å². The standard InChI is InChI=1S/C15H14N2O4/c1-10-9-16-13(8-14(10)17(20)21)12(15(18)19)7-11-5-3-2-4-6-11/h2-6,8-9,12H,7H2,1H3,(H,18,19). The molecule has 1 heterocycles. The molecule has 0 spiro atoms. The van der Waals surface area contributed by atoms with Gasteiger partial charge in [-0.25, -0.2) is 0 Å². The van der Waals surface area contributed by atoms with Crippen LogP contribution in [0.1, 0.15) is 22.7 Å². The predicted octanol–water partition coefficient (Wildman–Crippen LogP) is 2.71. The SMILES string of the molecule is Cc1cnc(C(Cc2ccccc2)C(=O)O)cc1[N+](=O)[O-]. The fraction of sp³-hybridized carbons (Fsp3) is 0.200. The van der Waals surface area contributed by atoms with E-state index in [1.54, 1.807) is 6.92 Å². The third kappa shape index (κ3) is 3.42. The molecule has 21 heavy (non-hydrogen) atoms. The molecule has 0 aliphatic rings. The summed E-state index contributed by atoms with van der Waals surface area (Å²) in [5.41, 5.74) is 1.34. The molecule has 1 atom stereocenters. The number of nitrogens with zero attached hydrogens (tertiary/aromatic N) is 2. The number of carbonyl (C=O) groups is 1. The summed E-state index contributed by atoms with van der Waals surface area (Å²) in [6.45, 7) is 1.57. The Morgan fingerprint density at radius 3 is 2.62 bits per heavy atom. The van der Waals surface area contributed by atoms with Crippen molar-refractivity contribution in [3.63, 3.8) is 0 Å². The van der Waals surface area contributed by atoms with E-state index >= 15 is 0 Å². The summed E-state index contributed by atoms with van der Waals surface area (Å²) in [5, 5.41) is 20.3. The Morgan fingerprint density at radius 1 is 1.38 bits per heavy atom. The molecular formula is C15H14N2O4. The van der Waals surface area contributed by atoms with Crippen molar-refractivity contribution in [2.75, 3.05) is 0 Å². The second-order valence-corrected chi connectivity index (χ2v) is 4.73. The van der Waals surface area contributed by atoms with Gasteiger partial charge in [0, 0.05) is 17.8 Å². The molecule has 0 aliphatic heterocycles. The largest absolute Gasteiger partial charge is 0.481 e. The van der Waals surface area contributed by atoms with Gasteiger partial charge in [-0.2, -0.15) is 0 Å². The van der Waals surface area contributed by atoms with E-state index in [9.17, 15) is 20.0 Å². The minimum absolute atomic E-state index is 0.112. The van der Waals surface area contributed by atoms with Gasteiger partial charge in [-0.1, -0.05) is 30.3 Å². The summed E-state index contributed by atoms with van der Waals surface area (Å²) in [5.74, 6) is -1.96. The fourth-order valence-corrected chi connectivity index (χ4v) is 2.08. The third-order valence-corrected chi connectivity index (χ3v) is 3.23. The van der Waals surface area contributed by atoms with Crippen LogP contribution >= 0.6 is 0 Å². The van der Waals surface area contributed by atoms with Crippen molar-refractivity contribution >= 4 is 11.7 Å². The summed E-state index contributed by atoms with van der Waals surface area (Å²) in [6.07, 6.45) is 1.58. The Bertz CT molecular complexity index is 671. The highest BCUT2D eigenvalue weighted by molar-refractivity contribution is 5.76. The zero-order valence-corrected chi connectivity index (χ0v) is 11.4. The minimum Gasteiger partial charge on any atom is -0.481 e. The van der Waals surface area contributed by atoms with Crippen LogP contribution in [0.5, 0.6) is 0 Å². The number of hydrogen-bond acceptors (Lipinski definition) is 4. The van der Waals surface area contributed by atoms with Crippen molar-refractivity contribution in [3.05, 3.63) is 69.5 Å². The second kappa shape index (κ2) is 6.13. The monoisotopic (exact) mass is 286 g/mol. The van der Waals surface area contributed by atoms with Crippen molar-refractivity contribution in [2.24, 2.45) is 0 Å². The van der Waals surface area contributed by atoms with Crippen LogP contribution in [0.15, 0.2) is 42.6 Å². The Labute approximate surface area is 121 Å². The number of hydrogen-bond donors (Lipinski definition) is 1. The van der Waals surface area contributed by atoms with Crippen molar-refractivity contribution in [2.45, 2.75) is 19.3 Å². The number of rotatable bonds is 5. The van der Waals surface area contributed by atoms with E-state index < -0.39 is 16.8 Å². The molecule has 0 saturated carbocycles. The smallest absolute Gasteiger partial charge is 0.312 e. The molecule has 1 aromatic heterocycles. The van der Waals surface area contributed by atoms with Crippen molar-refractivity contribution in [1.29, 1.82) is 0 Å². The number of carboxylic acids is 1. The Kier molecular flexibility index (Phi) is 4.27. The van der Waals surface area contributed by atoms with E-state index in [1.807, 2.05) is 30.3 Å². The van der Waals surface area contributed by atoms with E-state index in [0.717, 1.165) is 5.56 Å². The summed E-state index contributed by atoms with van der Waals surface area (Å²) in [6, 6.07) is 10.4. The zero-order chi connectivity index (χ0) is 15.4. The topological polar surface area (TPSA) is 93.3 Å². The van der Waals surface area contributed by atoms with Crippen LogP contribution in [0.3, 0.4) is 0 Å². The molecule has 1 N–H and O–H groups in total. The average molecular weight is 286 g/mol. The molecule has 0 amide bonds. The lowest BCUT2D eigenvalue weighted by molar-refractivity contribution is -0.385. The Balaban J connectivity index is 2.37. The quantitative estimate of drug-likeness (QED) is 0.673. The van der Waals surface area contributed by atoms with Gasteiger partial charge in [-0.3, -0.25) is 19.9 Å². The van der Waals surface area contributed by atoms with Gasteiger partial charge >= 0.3 is 5.97 Å². The lowest BCUT2D eigenvalue weighted by atomic mass is 9.95. The first-order chi connectivity index (χ1) is 9.99. The summed E-state index contributed by atoms with van der Waals surface area (Å²) in [4.78, 5) is 25.9. The zero-order valence-electron chi connectivity index (χ0n) is 11.4. The maximum Gasteiger partial charge on any atom is 0.312 e. The third-order valence-electron chi connectivity index (χ3n) is 3.23. The number of aliphatic carboxylic acids is 1. The van der Waals surface area contributed by atoms with E-state index in [2.05, 4.69) is 4.98 Å². The van der Waals surface area contributed by atoms with Gasteiger partial charge in [0.05, 0.1) is 10.6 Å². The van der Waals surface area contributed by atoms with E-state index in [4.69, 9.17) is 0 Å². The van der Waals surface area contributed by atoms with Crippen LogP contribution in [0.4, 0.5) is 5.69 Å². The van der Waals surface area contributed by atoms with Gasteiger partial charge < -0.3 is 5.11 Å². The number of aryl methyl sites for hydroxylation is 1. The van der Waals surface area contributed by atoms with Crippen molar-refractivity contribution < 1.29 is 14.8 Å². The maximum absolute atomic E-state index is 11.5. The molecule has 1 aromatic carbocycles. The molecule has 0 saturated heterocycles. The molecular weight excluding hydrogens is 272 g/mol. The van der Waals surface area contributed by atoms with Crippen LogP contribution in [-0.2, 0) is 11.2 Å². The van der Waals surface area contributed by atoms with Crippen LogP contribution in [-0.4, -0.2) is 21.0 Å². The van der Waals surface area contributed by atoms with Crippen LogP contribution < -0.4 is 0 Å². The lowest BCUT2D eigenvalue weighted by Gasteiger charge is -2.12. The second-order valence-electron chi connectivity index (χ2n) is 4.73. The van der Waals surface area contributed by atoms with Crippen LogP contribution in [0, 0.1) is 17.0 Å². The molecule has 0 fully saturated rings. The number of carboxylic acid groups (broad SMARTS) is 1. The van der Waals surface area contributed by atoms with Crippen molar-refractivity contribution in [1.82, 2.24) is 4.98 Å². The molecule has 2 aromatic rings. The highest BCUT2D eigenvalue weighted by atomic mass is 16.6. The van der Waals surface area contributed by atoms with Gasteiger partial charge in [0.15, 0.2) is 0 Å². The van der Waals surface area contributed by atoms with E-state index in [0.29, 0.717) is 5.56 Å². The number of nitro groups is 1. The van der Waals surface area contributed by atoms with Gasteiger partial charge in [-0.15, -0.1) is 0 Å². The Hall–Kier alpha value is -2.76. The molecule has 2 rings (SSSR count). The summed E-state index contributed by atoms with van der Waals surface area (Å²) in [7, 11) is 0. The fourth-order valence-electron chi connectivity index (χ4n) is 2.08. The first-order valence-corrected chi connectivity index (χ1v) is 6.36. The first kappa shape index (κ1) is 14.6. The van der Waals surface area contributed by atoms with Gasteiger partial charge in [0.1, 0.15) is 5.92 Å². The number of pyridine rings is 1. The lowest BCUT2D eigenvalue weighted by Crippen LogP contribution is -2.16. The molecule has 6 heteroatoms. The average Bonchev–Trinajstić information content (AvgIpc) is 2.46. The molecule has 0 bridgehead atoms. The molecule has 1 unspecified atom stereocenters. The van der Waals surface area contributed by atoms with Crippen LogP contribution in [0.25, 0.3) is 0 Å². The van der Waals surface area contributed by atoms with Gasteiger partial charge in [-0.05, 0) is 18.9 Å². The Morgan fingerprint density at radius 2 is 2.05 bits per heavy atom. The van der Waals surface area contributed by atoms with Gasteiger partial charge in [0.2, 0.25) is 0 Å². The highest BCUT2D eigenvalue weighted by Gasteiger charge is 2.24. The molecule has 6 nitrogen and oxygen atoms in total. The molecule has 0 radical (unpaired) electrons. The van der Waals surface area contributed by atoms with E-state index in [-0.39, 0.29) is 17.8 Å². The highest BCUT2D eigenvalue weighted by Crippen LogP contribution is 2.25.